The lowest BCUT2D eigenvalue weighted by molar-refractivity contribution is 0.0274. The first kappa shape index (κ1) is 16.8. The topological polar surface area (TPSA) is 88.7 Å². The molecule has 2 aromatic rings. The summed E-state index contributed by atoms with van der Waals surface area (Å²) >= 11 is 0. The molecule has 7 nitrogen and oxygen atoms in total. The number of nitrogens with zero attached hydrogens (tertiary/aromatic N) is 3. The van der Waals surface area contributed by atoms with Gasteiger partial charge >= 0.3 is 5.97 Å². The summed E-state index contributed by atoms with van der Waals surface area (Å²) in [5.41, 5.74) is 0.952. The average molecular weight is 319 g/mol. The quantitative estimate of drug-likeness (QED) is 0.819. The Morgan fingerprint density at radius 2 is 2.04 bits per heavy atom. The number of rotatable bonds is 6. The highest BCUT2D eigenvalue weighted by molar-refractivity contribution is 5.93. The van der Waals surface area contributed by atoms with Crippen molar-refractivity contribution in [1.29, 1.82) is 0 Å². The third kappa shape index (κ3) is 3.80. The summed E-state index contributed by atoms with van der Waals surface area (Å²) in [5.74, 6) is -0.144. The molecule has 7 heteroatoms. The largest absolute Gasteiger partial charge is 0.507 e. The minimum atomic E-state index is -0.689. The van der Waals surface area contributed by atoms with Crippen LogP contribution in [0.3, 0.4) is 0 Å². The fraction of sp³-hybridized carbons (Fsp3) is 0.438. The molecule has 0 amide bonds. The molecule has 1 unspecified atom stereocenters. The summed E-state index contributed by atoms with van der Waals surface area (Å²) in [6, 6.07) is 4.90. The number of aromatic nitrogens is 2. The molecule has 1 N–H and O–H groups in total. The molecule has 0 aliphatic rings. The van der Waals surface area contributed by atoms with Crippen molar-refractivity contribution in [3.8, 4) is 5.75 Å². The normalized spacial score (nSPS) is 12.0. The molecule has 0 spiro atoms. The van der Waals surface area contributed by atoms with Crippen LogP contribution < -0.4 is 4.90 Å². The molecule has 23 heavy (non-hydrogen) atoms. The molecule has 0 fully saturated rings. The number of aromatic hydroxyl groups is 1. The number of anilines is 1. The molecule has 0 aliphatic carbocycles. The number of phenolic OH excluding ortho intramolecular Hbond substituents is 1. The summed E-state index contributed by atoms with van der Waals surface area (Å²) in [7, 11) is 0. The molecule has 1 heterocycles. The SMILES string of the molecule is CCN(CC)c1ccc(C(=O)OC(C)c2nnc(C)o2)c(O)c1. The van der Waals surface area contributed by atoms with Crippen molar-refractivity contribution >= 4 is 11.7 Å². The van der Waals surface area contributed by atoms with Gasteiger partial charge in [-0.1, -0.05) is 0 Å². The number of phenols is 1. The third-order valence-corrected chi connectivity index (χ3v) is 3.50. The Morgan fingerprint density at radius 1 is 1.35 bits per heavy atom. The van der Waals surface area contributed by atoms with Crippen molar-refractivity contribution in [2.75, 3.05) is 18.0 Å². The lowest BCUT2D eigenvalue weighted by Crippen LogP contribution is -2.21. The summed E-state index contributed by atoms with van der Waals surface area (Å²) in [6.45, 7) is 8.96. The van der Waals surface area contributed by atoms with Gasteiger partial charge < -0.3 is 19.2 Å². The Morgan fingerprint density at radius 3 is 2.57 bits per heavy atom. The molecule has 2 rings (SSSR count). The number of hydrogen-bond donors (Lipinski definition) is 1. The minimum absolute atomic E-state index is 0.101. The molecule has 1 atom stereocenters. The number of aryl methyl sites for hydroxylation is 1. The molecular formula is C16H21N3O4. The Bertz CT molecular complexity index is 680. The number of hydrogen-bond acceptors (Lipinski definition) is 7. The van der Waals surface area contributed by atoms with E-state index in [1.807, 2.05) is 13.8 Å². The molecule has 0 radical (unpaired) electrons. The van der Waals surface area contributed by atoms with Crippen LogP contribution in [0.15, 0.2) is 22.6 Å². The van der Waals surface area contributed by atoms with E-state index >= 15 is 0 Å². The highest BCUT2D eigenvalue weighted by atomic mass is 16.6. The van der Waals surface area contributed by atoms with Crippen molar-refractivity contribution in [2.24, 2.45) is 0 Å². The van der Waals surface area contributed by atoms with Crippen LogP contribution >= 0.6 is 0 Å². The van der Waals surface area contributed by atoms with Gasteiger partial charge in [-0.2, -0.15) is 0 Å². The third-order valence-electron chi connectivity index (χ3n) is 3.50. The second-order valence-electron chi connectivity index (χ2n) is 5.08. The second kappa shape index (κ2) is 7.13. The van der Waals surface area contributed by atoms with Crippen LogP contribution in [-0.2, 0) is 4.74 Å². The van der Waals surface area contributed by atoms with Gasteiger partial charge in [0.2, 0.25) is 5.89 Å². The Kier molecular flexibility index (Phi) is 5.20. The number of esters is 1. The van der Waals surface area contributed by atoms with Gasteiger partial charge in [-0.15, -0.1) is 10.2 Å². The Balaban J connectivity index is 2.13. The van der Waals surface area contributed by atoms with Crippen LogP contribution in [-0.4, -0.2) is 34.4 Å². The predicted molar refractivity (Wildman–Crippen MR) is 84.5 cm³/mol. The fourth-order valence-corrected chi connectivity index (χ4v) is 2.23. The molecule has 0 aliphatic heterocycles. The van der Waals surface area contributed by atoms with Crippen LogP contribution in [0.4, 0.5) is 5.69 Å². The Labute approximate surface area is 134 Å². The molecule has 1 aromatic carbocycles. The van der Waals surface area contributed by atoms with Crippen molar-refractivity contribution in [2.45, 2.75) is 33.8 Å². The van der Waals surface area contributed by atoms with Crippen LogP contribution in [0.5, 0.6) is 5.75 Å². The standard InChI is InChI=1S/C16H21N3O4/c1-5-19(6-2)12-7-8-13(14(20)9-12)16(21)22-10(3)15-18-17-11(4)23-15/h7-10,20H,5-6H2,1-4H3. The maximum absolute atomic E-state index is 12.2. The molecule has 1 aromatic heterocycles. The van der Waals surface area contributed by atoms with Crippen molar-refractivity contribution in [3.05, 3.63) is 35.5 Å². The predicted octanol–water partition coefficient (Wildman–Crippen LogP) is 2.85. The molecule has 124 valence electrons. The number of carbonyl (C=O) groups excluding carboxylic acids is 1. The first-order valence-electron chi connectivity index (χ1n) is 7.55. The van der Waals surface area contributed by atoms with E-state index < -0.39 is 12.1 Å². The fourth-order valence-electron chi connectivity index (χ4n) is 2.23. The van der Waals surface area contributed by atoms with Crippen LogP contribution in [0.1, 0.15) is 49.0 Å². The Hall–Kier alpha value is -2.57. The lowest BCUT2D eigenvalue weighted by Gasteiger charge is -2.21. The number of ether oxygens (including phenoxy) is 1. The van der Waals surface area contributed by atoms with Gasteiger partial charge in [0.25, 0.3) is 5.89 Å². The van der Waals surface area contributed by atoms with Gasteiger partial charge in [0.1, 0.15) is 11.3 Å². The molecular weight excluding hydrogens is 298 g/mol. The van der Waals surface area contributed by atoms with E-state index in [0.717, 1.165) is 18.8 Å². The second-order valence-corrected chi connectivity index (χ2v) is 5.08. The maximum Gasteiger partial charge on any atom is 0.342 e. The maximum atomic E-state index is 12.2. The highest BCUT2D eigenvalue weighted by Crippen LogP contribution is 2.27. The summed E-state index contributed by atoms with van der Waals surface area (Å²) in [5, 5.41) is 17.6. The lowest BCUT2D eigenvalue weighted by atomic mass is 10.1. The van der Waals surface area contributed by atoms with Gasteiger partial charge in [0, 0.05) is 31.8 Å². The smallest absolute Gasteiger partial charge is 0.342 e. The van der Waals surface area contributed by atoms with E-state index in [1.54, 1.807) is 32.0 Å². The van der Waals surface area contributed by atoms with Crippen molar-refractivity contribution in [1.82, 2.24) is 10.2 Å². The van der Waals surface area contributed by atoms with Crippen LogP contribution in [0, 0.1) is 6.92 Å². The van der Waals surface area contributed by atoms with Gasteiger partial charge in [0.05, 0.1) is 0 Å². The van der Waals surface area contributed by atoms with Gasteiger partial charge in [-0.3, -0.25) is 0 Å². The molecule has 0 saturated heterocycles. The van der Waals surface area contributed by atoms with E-state index in [2.05, 4.69) is 15.1 Å². The van der Waals surface area contributed by atoms with E-state index in [-0.39, 0.29) is 17.2 Å². The monoisotopic (exact) mass is 319 g/mol. The van der Waals surface area contributed by atoms with Crippen LogP contribution in [0.25, 0.3) is 0 Å². The summed E-state index contributed by atoms with van der Waals surface area (Å²) in [6.07, 6.45) is -0.689. The zero-order chi connectivity index (χ0) is 17.0. The van der Waals surface area contributed by atoms with E-state index in [4.69, 9.17) is 9.15 Å². The zero-order valence-corrected chi connectivity index (χ0v) is 13.7. The highest BCUT2D eigenvalue weighted by Gasteiger charge is 2.21. The van der Waals surface area contributed by atoms with Gasteiger partial charge in [-0.25, -0.2) is 4.79 Å². The van der Waals surface area contributed by atoms with Crippen molar-refractivity contribution < 1.29 is 19.1 Å². The van der Waals surface area contributed by atoms with Gasteiger partial charge in [-0.05, 0) is 32.9 Å². The summed E-state index contributed by atoms with van der Waals surface area (Å²) < 4.78 is 10.5. The van der Waals surface area contributed by atoms with Crippen molar-refractivity contribution in [3.63, 3.8) is 0 Å². The molecule has 0 saturated carbocycles. The first-order valence-corrected chi connectivity index (χ1v) is 7.55. The van der Waals surface area contributed by atoms with E-state index in [1.165, 1.54) is 0 Å². The zero-order valence-electron chi connectivity index (χ0n) is 13.7. The van der Waals surface area contributed by atoms with E-state index in [9.17, 15) is 9.90 Å². The minimum Gasteiger partial charge on any atom is -0.507 e. The van der Waals surface area contributed by atoms with Crippen LogP contribution in [0.2, 0.25) is 0 Å². The average Bonchev–Trinajstić information content (AvgIpc) is 2.95. The number of benzene rings is 1. The summed E-state index contributed by atoms with van der Waals surface area (Å²) in [4.78, 5) is 14.3. The number of carbonyl (C=O) groups is 1. The van der Waals surface area contributed by atoms with E-state index in [0.29, 0.717) is 5.89 Å². The first-order chi connectivity index (χ1) is 11.0. The van der Waals surface area contributed by atoms with Gasteiger partial charge in [0.15, 0.2) is 6.10 Å². The molecule has 0 bridgehead atoms.